The fraction of sp³-hybridized carbons (Fsp3) is 0.143. The summed E-state index contributed by atoms with van der Waals surface area (Å²) < 4.78 is 24.1. The number of phenolic OH excluding ortho intramolecular Hbond substituents is 1. The van der Waals surface area contributed by atoms with Gasteiger partial charge >= 0.3 is 0 Å². The third kappa shape index (κ3) is 1.97. The maximum absolute atomic E-state index is 12.8. The van der Waals surface area contributed by atoms with Crippen molar-refractivity contribution in [3.8, 4) is 17.2 Å². The second-order valence-electron chi connectivity index (χ2n) is 4.10. The van der Waals surface area contributed by atoms with E-state index in [0.29, 0.717) is 18.1 Å². The van der Waals surface area contributed by atoms with Crippen molar-refractivity contribution in [2.24, 2.45) is 0 Å². The van der Waals surface area contributed by atoms with Crippen molar-refractivity contribution in [2.75, 3.05) is 6.61 Å². The van der Waals surface area contributed by atoms with Gasteiger partial charge in [-0.3, -0.25) is 0 Å². The van der Waals surface area contributed by atoms with Gasteiger partial charge in [-0.2, -0.15) is 0 Å². The van der Waals surface area contributed by atoms with Gasteiger partial charge in [-0.05, 0) is 29.8 Å². The first-order valence-corrected chi connectivity index (χ1v) is 5.60. The molecule has 0 amide bonds. The largest absolute Gasteiger partial charge is 0.508 e. The average Bonchev–Trinajstić information content (AvgIpc) is 2.39. The van der Waals surface area contributed by atoms with Crippen molar-refractivity contribution in [1.29, 1.82) is 0 Å². The van der Waals surface area contributed by atoms with Crippen LogP contribution in [0.5, 0.6) is 17.2 Å². The first-order valence-electron chi connectivity index (χ1n) is 5.60. The van der Waals surface area contributed by atoms with Crippen molar-refractivity contribution < 1.29 is 19.0 Å². The second-order valence-corrected chi connectivity index (χ2v) is 4.10. The maximum atomic E-state index is 12.8. The van der Waals surface area contributed by atoms with Gasteiger partial charge in [0.25, 0.3) is 0 Å². The van der Waals surface area contributed by atoms with Gasteiger partial charge in [0, 0.05) is 6.07 Å². The molecule has 0 saturated carbocycles. The zero-order chi connectivity index (χ0) is 12.5. The van der Waals surface area contributed by atoms with E-state index < -0.39 is 0 Å². The van der Waals surface area contributed by atoms with Crippen LogP contribution in [0, 0.1) is 5.82 Å². The van der Waals surface area contributed by atoms with Crippen molar-refractivity contribution in [3.63, 3.8) is 0 Å². The Hall–Kier alpha value is -2.23. The Morgan fingerprint density at radius 1 is 1.06 bits per heavy atom. The topological polar surface area (TPSA) is 38.7 Å². The summed E-state index contributed by atoms with van der Waals surface area (Å²) in [6.07, 6.45) is -0.261. The van der Waals surface area contributed by atoms with Crippen molar-refractivity contribution in [3.05, 3.63) is 53.8 Å². The fourth-order valence-corrected chi connectivity index (χ4v) is 1.90. The van der Waals surface area contributed by atoms with Gasteiger partial charge in [-0.25, -0.2) is 4.39 Å². The highest BCUT2D eigenvalue weighted by molar-refractivity contribution is 5.46. The van der Waals surface area contributed by atoms with Crippen LogP contribution in [0.4, 0.5) is 4.39 Å². The lowest BCUT2D eigenvalue weighted by Gasteiger charge is -2.26. The highest BCUT2D eigenvalue weighted by Crippen LogP contribution is 2.38. The molecule has 18 heavy (non-hydrogen) atoms. The molecule has 0 radical (unpaired) electrons. The minimum absolute atomic E-state index is 0.137. The third-order valence-corrected chi connectivity index (χ3v) is 2.83. The fourth-order valence-electron chi connectivity index (χ4n) is 1.90. The summed E-state index contributed by atoms with van der Waals surface area (Å²) in [6, 6.07) is 10.8. The number of fused-ring (bicyclic) bond motifs is 1. The van der Waals surface area contributed by atoms with E-state index >= 15 is 0 Å². The molecule has 0 aliphatic carbocycles. The Morgan fingerprint density at radius 3 is 2.61 bits per heavy atom. The summed E-state index contributed by atoms with van der Waals surface area (Å²) in [5.41, 5.74) is 0.857. The average molecular weight is 246 g/mol. The van der Waals surface area contributed by atoms with E-state index in [4.69, 9.17) is 9.47 Å². The van der Waals surface area contributed by atoms with Gasteiger partial charge in [-0.1, -0.05) is 12.1 Å². The summed E-state index contributed by atoms with van der Waals surface area (Å²) in [5, 5.41) is 9.32. The smallest absolute Gasteiger partial charge is 0.165 e. The van der Waals surface area contributed by atoms with Crippen LogP contribution in [-0.2, 0) is 0 Å². The highest BCUT2D eigenvalue weighted by Gasteiger charge is 2.22. The van der Waals surface area contributed by atoms with E-state index in [-0.39, 0.29) is 17.7 Å². The molecular formula is C14H11FO3. The molecule has 0 bridgehead atoms. The van der Waals surface area contributed by atoms with Crippen LogP contribution in [0.25, 0.3) is 0 Å². The molecule has 3 rings (SSSR count). The predicted molar refractivity (Wildman–Crippen MR) is 63.4 cm³/mol. The van der Waals surface area contributed by atoms with Gasteiger partial charge in [0.1, 0.15) is 18.2 Å². The number of aromatic hydroxyl groups is 1. The zero-order valence-corrected chi connectivity index (χ0v) is 9.47. The lowest BCUT2D eigenvalue weighted by molar-refractivity contribution is 0.0909. The first kappa shape index (κ1) is 10.9. The third-order valence-electron chi connectivity index (χ3n) is 2.83. The van der Waals surface area contributed by atoms with Gasteiger partial charge in [0.05, 0.1) is 0 Å². The molecule has 2 aromatic rings. The SMILES string of the molecule is Oc1ccc2c(c1)OCC(c1ccc(F)cc1)O2. The molecule has 2 aromatic carbocycles. The molecule has 1 N–H and O–H groups in total. The lowest BCUT2D eigenvalue weighted by atomic mass is 10.1. The van der Waals surface area contributed by atoms with Crippen LogP contribution < -0.4 is 9.47 Å². The number of benzene rings is 2. The molecule has 4 heteroatoms. The molecule has 1 unspecified atom stereocenters. The standard InChI is InChI=1S/C14H11FO3/c15-10-3-1-9(2-4-10)14-8-17-13-7-11(16)5-6-12(13)18-14/h1-7,14,16H,8H2. The van der Waals surface area contributed by atoms with Crippen LogP contribution in [0.2, 0.25) is 0 Å². The number of rotatable bonds is 1. The van der Waals surface area contributed by atoms with Crippen LogP contribution in [0.15, 0.2) is 42.5 Å². The Balaban J connectivity index is 1.86. The van der Waals surface area contributed by atoms with Gasteiger partial charge < -0.3 is 14.6 Å². The monoisotopic (exact) mass is 246 g/mol. The van der Waals surface area contributed by atoms with E-state index in [1.807, 2.05) is 0 Å². The molecule has 1 aliphatic heterocycles. The van der Waals surface area contributed by atoms with Crippen molar-refractivity contribution in [1.82, 2.24) is 0 Å². The van der Waals surface area contributed by atoms with Crippen LogP contribution in [-0.4, -0.2) is 11.7 Å². The normalized spacial score (nSPS) is 17.5. The van der Waals surface area contributed by atoms with E-state index in [1.165, 1.54) is 24.3 Å². The van der Waals surface area contributed by atoms with Crippen LogP contribution >= 0.6 is 0 Å². The van der Waals surface area contributed by atoms with Crippen LogP contribution in [0.3, 0.4) is 0 Å². The first-order chi connectivity index (χ1) is 8.72. The quantitative estimate of drug-likeness (QED) is 0.840. The molecule has 1 aliphatic rings. The van der Waals surface area contributed by atoms with Gasteiger partial charge in [-0.15, -0.1) is 0 Å². The van der Waals surface area contributed by atoms with Gasteiger partial charge in [0.2, 0.25) is 0 Å². The number of halogens is 1. The molecule has 1 atom stereocenters. The van der Waals surface area contributed by atoms with E-state index in [1.54, 1.807) is 18.2 Å². The highest BCUT2D eigenvalue weighted by atomic mass is 19.1. The van der Waals surface area contributed by atoms with Crippen LogP contribution in [0.1, 0.15) is 11.7 Å². The lowest BCUT2D eigenvalue weighted by Crippen LogP contribution is -2.21. The molecular weight excluding hydrogens is 235 g/mol. The zero-order valence-electron chi connectivity index (χ0n) is 9.47. The molecule has 0 aromatic heterocycles. The summed E-state index contributed by atoms with van der Waals surface area (Å²) in [6.45, 7) is 0.335. The molecule has 3 nitrogen and oxygen atoms in total. The van der Waals surface area contributed by atoms with Gasteiger partial charge in [0.15, 0.2) is 17.6 Å². The Morgan fingerprint density at radius 2 is 1.83 bits per heavy atom. The minimum atomic E-state index is -0.277. The maximum Gasteiger partial charge on any atom is 0.165 e. The molecule has 0 spiro atoms. The van der Waals surface area contributed by atoms with E-state index in [2.05, 4.69) is 0 Å². The molecule has 92 valence electrons. The molecule has 0 fully saturated rings. The Kier molecular flexibility index (Phi) is 2.55. The molecule has 1 heterocycles. The van der Waals surface area contributed by atoms with Crippen molar-refractivity contribution in [2.45, 2.75) is 6.10 Å². The summed E-state index contributed by atoms with van der Waals surface area (Å²) in [7, 11) is 0. The molecule has 0 saturated heterocycles. The number of phenols is 1. The summed E-state index contributed by atoms with van der Waals surface area (Å²) >= 11 is 0. The number of hydrogen-bond donors (Lipinski definition) is 1. The second kappa shape index (κ2) is 4.22. The summed E-state index contributed by atoms with van der Waals surface area (Å²) in [4.78, 5) is 0. The van der Waals surface area contributed by atoms with Crippen molar-refractivity contribution >= 4 is 0 Å². The predicted octanol–water partition coefficient (Wildman–Crippen LogP) is 3.04. The Labute approximate surface area is 103 Å². The number of hydrogen-bond acceptors (Lipinski definition) is 3. The Bertz CT molecular complexity index is 566. The van der Waals surface area contributed by atoms with E-state index in [0.717, 1.165) is 5.56 Å². The minimum Gasteiger partial charge on any atom is -0.508 e. The van der Waals surface area contributed by atoms with E-state index in [9.17, 15) is 9.50 Å². The summed E-state index contributed by atoms with van der Waals surface area (Å²) in [5.74, 6) is 0.958. The number of ether oxygens (including phenoxy) is 2.